The predicted molar refractivity (Wildman–Crippen MR) is 106 cm³/mol. The molecule has 27 heavy (non-hydrogen) atoms. The van der Waals surface area contributed by atoms with Gasteiger partial charge in [0.2, 0.25) is 5.91 Å². The predicted octanol–water partition coefficient (Wildman–Crippen LogP) is 3.63. The Morgan fingerprint density at radius 3 is 3.00 bits per heavy atom. The largest absolute Gasteiger partial charge is 0.322 e. The molecule has 0 aliphatic carbocycles. The van der Waals surface area contributed by atoms with Crippen LogP contribution in [-0.2, 0) is 11.3 Å². The molecule has 2 heterocycles. The summed E-state index contributed by atoms with van der Waals surface area (Å²) < 4.78 is 14.4. The van der Waals surface area contributed by atoms with Gasteiger partial charge in [-0.15, -0.1) is 11.3 Å². The van der Waals surface area contributed by atoms with E-state index in [2.05, 4.69) is 15.3 Å². The van der Waals surface area contributed by atoms with Crippen molar-refractivity contribution in [1.82, 2.24) is 14.9 Å². The molecule has 3 rings (SSSR count). The molecule has 9 heteroatoms. The molecule has 142 valence electrons. The van der Waals surface area contributed by atoms with Crippen LogP contribution in [0.2, 0.25) is 5.02 Å². The average molecular weight is 409 g/mol. The van der Waals surface area contributed by atoms with Crippen molar-refractivity contribution < 1.29 is 9.18 Å². The third kappa shape index (κ3) is 4.91. The lowest BCUT2D eigenvalue weighted by molar-refractivity contribution is -0.117. The summed E-state index contributed by atoms with van der Waals surface area (Å²) in [4.78, 5) is 33.5. The number of carbonyl (C=O) groups is 1. The number of hydrogen-bond donors (Lipinski definition) is 2. The highest BCUT2D eigenvalue weighted by Gasteiger charge is 2.15. The van der Waals surface area contributed by atoms with Gasteiger partial charge in [-0.25, -0.2) is 9.37 Å². The number of nitrogens with one attached hydrogen (secondary N) is 2. The van der Waals surface area contributed by atoms with E-state index in [0.29, 0.717) is 34.2 Å². The number of aromatic nitrogens is 2. The molecular weight excluding hydrogens is 391 g/mol. The maximum atomic E-state index is 13.8. The van der Waals surface area contributed by atoms with Gasteiger partial charge in [-0.2, -0.15) is 0 Å². The first-order valence-corrected chi connectivity index (χ1v) is 9.65. The molecule has 0 spiro atoms. The first kappa shape index (κ1) is 19.5. The van der Waals surface area contributed by atoms with Gasteiger partial charge in [0.1, 0.15) is 16.3 Å². The highest BCUT2D eigenvalue weighted by atomic mass is 35.5. The molecule has 0 unspecified atom stereocenters. The van der Waals surface area contributed by atoms with Crippen molar-refractivity contribution in [2.45, 2.75) is 19.9 Å². The van der Waals surface area contributed by atoms with E-state index in [1.165, 1.54) is 29.5 Å². The minimum atomic E-state index is -0.552. The molecular formula is C18H18ClFN4O2S. The van der Waals surface area contributed by atoms with Crippen LogP contribution in [0.5, 0.6) is 0 Å². The van der Waals surface area contributed by atoms with Crippen molar-refractivity contribution >= 4 is 44.7 Å². The lowest BCUT2D eigenvalue weighted by Crippen LogP contribution is -2.34. The summed E-state index contributed by atoms with van der Waals surface area (Å²) in [6.07, 6.45) is 0.809. The van der Waals surface area contributed by atoms with Crippen molar-refractivity contribution in [3.63, 3.8) is 0 Å². The number of amides is 1. The van der Waals surface area contributed by atoms with Gasteiger partial charge < -0.3 is 10.3 Å². The first-order chi connectivity index (χ1) is 13.0. The highest BCUT2D eigenvalue weighted by molar-refractivity contribution is 7.17. The summed E-state index contributed by atoms with van der Waals surface area (Å²) in [7, 11) is 0. The molecule has 2 N–H and O–H groups in total. The Labute approximate surface area is 164 Å². The van der Waals surface area contributed by atoms with Gasteiger partial charge in [-0.05, 0) is 42.6 Å². The molecule has 0 aliphatic rings. The van der Waals surface area contributed by atoms with Crippen molar-refractivity contribution in [3.05, 3.63) is 56.7 Å². The number of fused-ring (bicyclic) bond motifs is 1. The van der Waals surface area contributed by atoms with Gasteiger partial charge in [0, 0.05) is 5.02 Å². The average Bonchev–Trinajstić information content (AvgIpc) is 3.07. The molecule has 2 aromatic heterocycles. The Kier molecular flexibility index (Phi) is 6.20. The summed E-state index contributed by atoms with van der Waals surface area (Å²) in [6, 6.07) is 5.77. The van der Waals surface area contributed by atoms with Crippen molar-refractivity contribution in [2.24, 2.45) is 0 Å². The van der Waals surface area contributed by atoms with E-state index in [9.17, 15) is 14.0 Å². The maximum absolute atomic E-state index is 13.8. The Hall–Kier alpha value is -2.29. The third-order valence-corrected chi connectivity index (χ3v) is 4.98. The number of halogens is 2. The van der Waals surface area contributed by atoms with Gasteiger partial charge in [-0.1, -0.05) is 18.5 Å². The fraction of sp³-hybridized carbons (Fsp3) is 0.278. The molecule has 3 aromatic rings. The number of hydrogen-bond acceptors (Lipinski definition) is 5. The summed E-state index contributed by atoms with van der Waals surface area (Å²) >= 11 is 7.18. The van der Waals surface area contributed by atoms with Crippen LogP contribution in [0.15, 0.2) is 34.4 Å². The van der Waals surface area contributed by atoms with Crippen LogP contribution in [0.3, 0.4) is 0 Å². The molecule has 0 bridgehead atoms. The number of H-pyrrole nitrogens is 1. The van der Waals surface area contributed by atoms with E-state index in [1.54, 1.807) is 6.07 Å². The van der Waals surface area contributed by atoms with E-state index >= 15 is 0 Å². The fourth-order valence-corrected chi connectivity index (χ4v) is 3.62. The second kappa shape index (κ2) is 8.60. The molecule has 0 saturated carbocycles. The topological polar surface area (TPSA) is 78.1 Å². The second-order valence-corrected chi connectivity index (χ2v) is 7.38. The first-order valence-electron chi connectivity index (χ1n) is 8.40. The number of benzene rings is 1. The Balaban J connectivity index is 1.71. The number of thiophene rings is 1. The Morgan fingerprint density at radius 1 is 1.41 bits per heavy atom. The number of aromatic amines is 1. The SMILES string of the molecule is CCCN(CC(=O)Nc1cc(Cl)ccc1F)Cc1nc2ccsc2c(=O)[nH]1. The van der Waals surface area contributed by atoms with Gasteiger partial charge in [-0.3, -0.25) is 14.5 Å². The standard InChI is InChI=1S/C18H18ClFN4O2S/c1-2-6-24(9-15-21-13-5-7-27-17(13)18(26)23-15)10-16(25)22-14-8-11(19)3-4-12(14)20/h3-5,7-8H,2,6,9-10H2,1H3,(H,22,25)(H,21,23,26). The summed E-state index contributed by atoms with van der Waals surface area (Å²) in [6.45, 7) is 2.95. The second-order valence-electron chi connectivity index (χ2n) is 6.03. The Morgan fingerprint density at radius 2 is 2.22 bits per heavy atom. The normalized spacial score (nSPS) is 11.3. The zero-order valence-electron chi connectivity index (χ0n) is 14.6. The molecule has 0 saturated heterocycles. The molecule has 0 radical (unpaired) electrons. The van der Waals surface area contributed by atoms with E-state index in [4.69, 9.17) is 11.6 Å². The van der Waals surface area contributed by atoms with E-state index < -0.39 is 5.82 Å². The van der Waals surface area contributed by atoms with Crippen LogP contribution >= 0.6 is 22.9 Å². The van der Waals surface area contributed by atoms with Gasteiger partial charge in [0.05, 0.1) is 24.3 Å². The van der Waals surface area contributed by atoms with Crippen LogP contribution in [0, 0.1) is 5.82 Å². The molecule has 1 amide bonds. The van der Waals surface area contributed by atoms with E-state index in [-0.39, 0.29) is 23.7 Å². The summed E-state index contributed by atoms with van der Waals surface area (Å²) in [5.74, 6) is -0.437. The molecule has 0 aliphatic heterocycles. The third-order valence-electron chi connectivity index (χ3n) is 3.85. The highest BCUT2D eigenvalue weighted by Crippen LogP contribution is 2.19. The van der Waals surface area contributed by atoms with Crippen LogP contribution in [0.25, 0.3) is 10.2 Å². The monoisotopic (exact) mass is 408 g/mol. The summed E-state index contributed by atoms with van der Waals surface area (Å²) in [5.41, 5.74) is 0.489. The molecule has 6 nitrogen and oxygen atoms in total. The maximum Gasteiger partial charge on any atom is 0.268 e. The number of rotatable bonds is 7. The molecule has 0 fully saturated rings. The van der Waals surface area contributed by atoms with E-state index in [1.807, 2.05) is 17.2 Å². The van der Waals surface area contributed by atoms with Crippen molar-refractivity contribution in [2.75, 3.05) is 18.4 Å². The quantitative estimate of drug-likeness (QED) is 0.625. The lowest BCUT2D eigenvalue weighted by atomic mass is 10.3. The van der Waals surface area contributed by atoms with Crippen LogP contribution in [0.1, 0.15) is 19.2 Å². The smallest absolute Gasteiger partial charge is 0.268 e. The number of anilines is 1. The van der Waals surface area contributed by atoms with Crippen LogP contribution < -0.4 is 10.9 Å². The van der Waals surface area contributed by atoms with Gasteiger partial charge in [0.25, 0.3) is 5.56 Å². The minimum absolute atomic E-state index is 0.0329. The van der Waals surface area contributed by atoms with Crippen LogP contribution in [-0.4, -0.2) is 33.9 Å². The fourth-order valence-electron chi connectivity index (χ4n) is 2.72. The van der Waals surface area contributed by atoms with Gasteiger partial charge in [0.15, 0.2) is 0 Å². The van der Waals surface area contributed by atoms with E-state index in [0.717, 1.165) is 6.42 Å². The zero-order valence-corrected chi connectivity index (χ0v) is 16.2. The zero-order chi connectivity index (χ0) is 19.4. The summed E-state index contributed by atoms with van der Waals surface area (Å²) in [5, 5.41) is 4.68. The Bertz CT molecular complexity index is 1020. The minimum Gasteiger partial charge on any atom is -0.322 e. The molecule has 1 aromatic carbocycles. The van der Waals surface area contributed by atoms with Crippen LogP contribution in [0.4, 0.5) is 10.1 Å². The lowest BCUT2D eigenvalue weighted by Gasteiger charge is -2.20. The van der Waals surface area contributed by atoms with Crippen molar-refractivity contribution in [1.29, 1.82) is 0 Å². The van der Waals surface area contributed by atoms with Gasteiger partial charge >= 0.3 is 0 Å². The number of carbonyl (C=O) groups excluding carboxylic acids is 1. The van der Waals surface area contributed by atoms with Crippen molar-refractivity contribution in [3.8, 4) is 0 Å². The molecule has 0 atom stereocenters. The number of nitrogens with zero attached hydrogens (tertiary/aromatic N) is 2.